The monoisotopic (exact) mass is 143 g/mol. The highest BCUT2D eigenvalue weighted by Gasteiger charge is 2.30. The molecule has 56 valence electrons. The molecule has 0 saturated heterocycles. The molecule has 1 rings (SSSR count). The predicted octanol–water partition coefficient (Wildman–Crippen LogP) is -0.551. The van der Waals surface area contributed by atoms with E-state index in [1.165, 1.54) is 6.92 Å². The molecule has 0 radical (unpaired) electrons. The quantitative estimate of drug-likeness (QED) is 0.484. The summed E-state index contributed by atoms with van der Waals surface area (Å²) in [5, 5.41) is 17.7. The molecule has 1 heterocycles. The van der Waals surface area contributed by atoms with Gasteiger partial charge < -0.3 is 10.2 Å². The zero-order chi connectivity index (χ0) is 7.78. The fourth-order valence-electron chi connectivity index (χ4n) is 0.869. The summed E-state index contributed by atoms with van der Waals surface area (Å²) in [5.74, 6) is -2.17. The first-order valence-electron chi connectivity index (χ1n) is 3.06. The Bertz CT molecular complexity index is 195. The van der Waals surface area contributed by atoms with Gasteiger partial charge in [-0.25, -0.2) is 4.99 Å². The number of hydrogen-bond donors (Lipinski definition) is 2. The van der Waals surface area contributed by atoms with Crippen molar-refractivity contribution in [3.8, 4) is 0 Å². The Balaban J connectivity index is 2.76. The van der Waals surface area contributed by atoms with E-state index in [1.54, 1.807) is 0 Å². The third kappa shape index (κ3) is 1.40. The summed E-state index contributed by atoms with van der Waals surface area (Å²) in [7, 11) is 0. The largest absolute Gasteiger partial charge is 0.347 e. The number of carbonyl (C=O) groups excluding carboxylic acids is 1. The third-order valence-corrected chi connectivity index (χ3v) is 1.42. The van der Waals surface area contributed by atoms with E-state index in [4.69, 9.17) is 10.2 Å². The first kappa shape index (κ1) is 7.37. The van der Waals surface area contributed by atoms with Gasteiger partial charge in [0.25, 0.3) is 5.91 Å². The van der Waals surface area contributed by atoms with Crippen molar-refractivity contribution in [1.29, 1.82) is 0 Å². The Kier molecular flexibility index (Phi) is 1.58. The maximum absolute atomic E-state index is 10.6. The average Bonchev–Trinajstić information content (AvgIpc) is 2.10. The maximum Gasteiger partial charge on any atom is 0.265 e. The van der Waals surface area contributed by atoms with Gasteiger partial charge in [0.15, 0.2) is 5.78 Å². The van der Waals surface area contributed by atoms with Crippen LogP contribution in [-0.2, 0) is 4.79 Å². The fourth-order valence-corrected chi connectivity index (χ4v) is 0.869. The van der Waals surface area contributed by atoms with Crippen molar-refractivity contribution < 1.29 is 15.0 Å². The smallest absolute Gasteiger partial charge is 0.265 e. The summed E-state index contributed by atoms with van der Waals surface area (Å²) in [5.41, 5.74) is 0.269. The minimum absolute atomic E-state index is 0.127. The molecule has 0 fully saturated rings. The van der Waals surface area contributed by atoms with Crippen LogP contribution in [0.1, 0.15) is 19.8 Å². The Hall–Kier alpha value is -0.740. The minimum Gasteiger partial charge on any atom is -0.347 e. The fraction of sp³-hybridized carbons (Fsp3) is 0.667. The average molecular weight is 143 g/mol. The normalized spacial score (nSPS) is 22.5. The van der Waals surface area contributed by atoms with Crippen LogP contribution in [0.5, 0.6) is 0 Å². The zero-order valence-corrected chi connectivity index (χ0v) is 5.66. The van der Waals surface area contributed by atoms with Crippen molar-refractivity contribution in [2.45, 2.75) is 25.7 Å². The molecule has 0 unspecified atom stereocenters. The molecule has 10 heavy (non-hydrogen) atoms. The summed E-state index contributed by atoms with van der Waals surface area (Å²) in [6.45, 7) is 1.36. The molecule has 1 aliphatic rings. The van der Waals surface area contributed by atoms with Crippen LogP contribution >= 0.6 is 0 Å². The second kappa shape index (κ2) is 2.14. The Labute approximate surface area is 58.2 Å². The van der Waals surface area contributed by atoms with Gasteiger partial charge in [0.1, 0.15) is 0 Å². The first-order valence-corrected chi connectivity index (χ1v) is 3.06. The Morgan fingerprint density at radius 2 is 2.30 bits per heavy atom. The van der Waals surface area contributed by atoms with Crippen LogP contribution in [0.3, 0.4) is 0 Å². The van der Waals surface area contributed by atoms with Gasteiger partial charge in [-0.2, -0.15) is 0 Å². The molecule has 0 atom stereocenters. The van der Waals surface area contributed by atoms with Crippen molar-refractivity contribution in [2.24, 2.45) is 4.99 Å². The predicted molar refractivity (Wildman–Crippen MR) is 34.5 cm³/mol. The lowest BCUT2D eigenvalue weighted by Gasteiger charge is -2.07. The zero-order valence-electron chi connectivity index (χ0n) is 5.66. The molecule has 4 heteroatoms. The SMILES string of the molecule is CC(=O)C1=NC(O)(O)CC1. The topological polar surface area (TPSA) is 69.9 Å². The van der Waals surface area contributed by atoms with Gasteiger partial charge in [-0.3, -0.25) is 4.79 Å². The van der Waals surface area contributed by atoms with E-state index in [2.05, 4.69) is 4.99 Å². The van der Waals surface area contributed by atoms with Crippen molar-refractivity contribution in [3.05, 3.63) is 0 Å². The van der Waals surface area contributed by atoms with E-state index in [9.17, 15) is 4.79 Å². The van der Waals surface area contributed by atoms with Crippen LogP contribution in [0.25, 0.3) is 0 Å². The number of aliphatic imine (C=N–C) groups is 1. The van der Waals surface area contributed by atoms with Crippen LogP contribution in [0.15, 0.2) is 4.99 Å². The number of hydrogen-bond acceptors (Lipinski definition) is 4. The van der Waals surface area contributed by atoms with Crippen LogP contribution < -0.4 is 0 Å². The molecule has 2 N–H and O–H groups in total. The maximum atomic E-state index is 10.6. The molecule has 0 spiro atoms. The van der Waals surface area contributed by atoms with Crippen LogP contribution in [0.4, 0.5) is 0 Å². The lowest BCUT2D eigenvalue weighted by molar-refractivity contribution is -0.149. The molecule has 0 bridgehead atoms. The molecule has 0 aromatic carbocycles. The summed E-state index contributed by atoms with van der Waals surface area (Å²) in [4.78, 5) is 14.0. The number of carbonyl (C=O) groups is 1. The van der Waals surface area contributed by atoms with Gasteiger partial charge >= 0.3 is 0 Å². The highest BCUT2D eigenvalue weighted by atomic mass is 16.5. The van der Waals surface area contributed by atoms with Crippen LogP contribution in [-0.4, -0.2) is 27.6 Å². The Morgan fingerprint density at radius 1 is 1.70 bits per heavy atom. The van der Waals surface area contributed by atoms with Gasteiger partial charge in [-0.1, -0.05) is 0 Å². The standard InChI is InChI=1S/C6H9NO3/c1-4(8)5-2-3-6(9,10)7-5/h9-10H,2-3H2,1H3. The highest BCUT2D eigenvalue weighted by molar-refractivity contribution is 6.39. The van der Waals surface area contributed by atoms with Crippen molar-refractivity contribution in [2.75, 3.05) is 0 Å². The van der Waals surface area contributed by atoms with Gasteiger partial charge in [-0.15, -0.1) is 0 Å². The second-order valence-corrected chi connectivity index (χ2v) is 2.39. The summed E-state index contributed by atoms with van der Waals surface area (Å²) >= 11 is 0. The van der Waals surface area contributed by atoms with Crippen LogP contribution in [0, 0.1) is 0 Å². The lowest BCUT2D eigenvalue weighted by Crippen LogP contribution is -2.20. The molecule has 0 saturated carbocycles. The molecule has 0 amide bonds. The molecule has 0 aliphatic carbocycles. The molecule has 1 aliphatic heterocycles. The number of aliphatic hydroxyl groups is 2. The van der Waals surface area contributed by atoms with E-state index < -0.39 is 5.91 Å². The first-order chi connectivity index (χ1) is 4.51. The van der Waals surface area contributed by atoms with Crippen molar-refractivity contribution in [1.82, 2.24) is 0 Å². The number of nitrogens with zero attached hydrogens (tertiary/aromatic N) is 1. The molecule has 0 aromatic heterocycles. The molecular formula is C6H9NO3. The number of Topliss-reactive ketones (excluding diaryl/α,β-unsaturated/α-hetero) is 1. The van der Waals surface area contributed by atoms with E-state index in [0.29, 0.717) is 6.42 Å². The van der Waals surface area contributed by atoms with Crippen LogP contribution in [0.2, 0.25) is 0 Å². The highest BCUT2D eigenvalue weighted by Crippen LogP contribution is 2.19. The molecular weight excluding hydrogens is 134 g/mol. The van der Waals surface area contributed by atoms with E-state index in [1.807, 2.05) is 0 Å². The molecule has 0 aromatic rings. The number of rotatable bonds is 1. The molecule has 4 nitrogen and oxygen atoms in total. The lowest BCUT2D eigenvalue weighted by atomic mass is 10.2. The van der Waals surface area contributed by atoms with E-state index >= 15 is 0 Å². The Morgan fingerprint density at radius 3 is 2.50 bits per heavy atom. The summed E-state index contributed by atoms with van der Waals surface area (Å²) in [6.07, 6.45) is 0.490. The second-order valence-electron chi connectivity index (χ2n) is 2.39. The van der Waals surface area contributed by atoms with E-state index in [-0.39, 0.29) is 17.9 Å². The van der Waals surface area contributed by atoms with Gasteiger partial charge in [0.2, 0.25) is 0 Å². The van der Waals surface area contributed by atoms with Crippen molar-refractivity contribution >= 4 is 11.5 Å². The summed E-state index contributed by atoms with van der Waals surface area (Å²) in [6, 6.07) is 0. The van der Waals surface area contributed by atoms with E-state index in [0.717, 1.165) is 0 Å². The van der Waals surface area contributed by atoms with Gasteiger partial charge in [0, 0.05) is 19.8 Å². The van der Waals surface area contributed by atoms with Gasteiger partial charge in [-0.05, 0) is 0 Å². The number of ketones is 1. The third-order valence-electron chi connectivity index (χ3n) is 1.42. The van der Waals surface area contributed by atoms with Gasteiger partial charge in [0.05, 0.1) is 5.71 Å². The van der Waals surface area contributed by atoms with Crippen molar-refractivity contribution in [3.63, 3.8) is 0 Å². The minimum atomic E-state index is -1.99. The summed E-state index contributed by atoms with van der Waals surface area (Å²) < 4.78 is 0.